The molecule has 1 aliphatic carbocycles. The number of carbonyl (C=O) groups is 1. The van der Waals surface area contributed by atoms with Gasteiger partial charge in [-0.3, -0.25) is 0 Å². The molecule has 4 nitrogen and oxygen atoms in total. The molecule has 0 aliphatic heterocycles. The third-order valence-electron chi connectivity index (χ3n) is 3.29. The molecule has 1 N–H and O–H groups in total. The monoisotopic (exact) mass is 320 g/mol. The van der Waals surface area contributed by atoms with Gasteiger partial charge >= 0.3 is 12.1 Å². The summed E-state index contributed by atoms with van der Waals surface area (Å²) in [4.78, 5) is 9.99. The maximum Gasteiger partial charge on any atom is 0.417 e. The Morgan fingerprint density at radius 1 is 1.24 bits per heavy atom. The quantitative estimate of drug-likeness (QED) is 0.929. The predicted octanol–water partition coefficient (Wildman–Crippen LogP) is 2.65. The second kappa shape index (κ2) is 5.18. The maximum atomic E-state index is 12.9. The Morgan fingerprint density at radius 3 is 2.38 bits per heavy atom. The minimum Gasteiger partial charge on any atom is -0.478 e. The van der Waals surface area contributed by atoms with E-state index in [-0.39, 0.29) is 18.4 Å². The van der Waals surface area contributed by atoms with Crippen molar-refractivity contribution in [2.45, 2.75) is 29.2 Å². The smallest absolute Gasteiger partial charge is 0.417 e. The van der Waals surface area contributed by atoms with Gasteiger partial charge in [-0.15, -0.1) is 0 Å². The third-order valence-corrected chi connectivity index (χ3v) is 5.49. The van der Waals surface area contributed by atoms with Crippen molar-refractivity contribution in [2.24, 2.45) is 0 Å². The molecule has 0 radical (unpaired) electrons. The van der Waals surface area contributed by atoms with E-state index in [2.05, 4.69) is 0 Å². The van der Waals surface area contributed by atoms with E-state index in [9.17, 15) is 26.4 Å². The Morgan fingerprint density at radius 2 is 1.86 bits per heavy atom. The molecule has 0 heterocycles. The van der Waals surface area contributed by atoms with Gasteiger partial charge in [0.2, 0.25) is 0 Å². The molecular formula is C13H11F3O4S. The highest BCUT2D eigenvalue weighted by atomic mass is 32.2. The molecule has 21 heavy (non-hydrogen) atoms. The maximum absolute atomic E-state index is 12.9. The van der Waals surface area contributed by atoms with E-state index < -0.39 is 37.7 Å². The summed E-state index contributed by atoms with van der Waals surface area (Å²) in [6.07, 6.45) is -3.94. The van der Waals surface area contributed by atoms with E-state index in [1.165, 1.54) is 12.1 Å². The SMILES string of the molecule is O=C(O)C1=CCC(S(=O)(=O)c2ccccc2C(F)(F)F)C1. The highest BCUT2D eigenvalue weighted by Gasteiger charge is 2.40. The first-order valence-electron chi connectivity index (χ1n) is 5.96. The van der Waals surface area contributed by atoms with Crippen LogP contribution in [0, 0.1) is 0 Å². The van der Waals surface area contributed by atoms with Crippen molar-refractivity contribution in [1.29, 1.82) is 0 Å². The Kier molecular flexibility index (Phi) is 3.83. The zero-order valence-electron chi connectivity index (χ0n) is 10.6. The molecule has 114 valence electrons. The zero-order chi connectivity index (χ0) is 15.8. The van der Waals surface area contributed by atoms with Crippen LogP contribution in [0.5, 0.6) is 0 Å². The second-order valence-corrected chi connectivity index (χ2v) is 6.83. The van der Waals surface area contributed by atoms with Gasteiger partial charge in [-0.25, -0.2) is 13.2 Å². The van der Waals surface area contributed by atoms with E-state index in [1.54, 1.807) is 0 Å². The molecule has 0 bridgehead atoms. The van der Waals surface area contributed by atoms with Crippen LogP contribution in [-0.4, -0.2) is 24.7 Å². The van der Waals surface area contributed by atoms with Crippen molar-refractivity contribution in [1.82, 2.24) is 0 Å². The number of aliphatic carboxylic acids is 1. The molecule has 0 spiro atoms. The molecular weight excluding hydrogens is 309 g/mol. The normalized spacial score (nSPS) is 19.4. The van der Waals surface area contributed by atoms with Gasteiger partial charge in [-0.05, 0) is 25.0 Å². The summed E-state index contributed by atoms with van der Waals surface area (Å²) in [7, 11) is -4.25. The molecule has 0 fully saturated rings. The van der Waals surface area contributed by atoms with Gasteiger partial charge in [0.05, 0.1) is 15.7 Å². The molecule has 1 aromatic carbocycles. The van der Waals surface area contributed by atoms with Crippen molar-refractivity contribution in [2.75, 3.05) is 0 Å². The molecule has 0 saturated heterocycles. The van der Waals surface area contributed by atoms with E-state index in [0.717, 1.165) is 12.1 Å². The molecule has 1 aromatic rings. The molecule has 0 saturated carbocycles. The molecule has 1 unspecified atom stereocenters. The van der Waals surface area contributed by atoms with Crippen LogP contribution in [0.1, 0.15) is 18.4 Å². The Balaban J connectivity index is 2.41. The topological polar surface area (TPSA) is 71.4 Å². The van der Waals surface area contributed by atoms with Crippen molar-refractivity contribution < 1.29 is 31.5 Å². The average Bonchev–Trinajstić information content (AvgIpc) is 2.88. The van der Waals surface area contributed by atoms with Crippen molar-refractivity contribution in [3.05, 3.63) is 41.5 Å². The molecule has 1 aliphatic rings. The minimum atomic E-state index is -4.79. The number of rotatable bonds is 3. The molecule has 0 amide bonds. The largest absolute Gasteiger partial charge is 0.478 e. The summed E-state index contributed by atoms with van der Waals surface area (Å²) in [6.45, 7) is 0. The summed E-state index contributed by atoms with van der Waals surface area (Å²) in [5.74, 6) is -1.25. The van der Waals surface area contributed by atoms with Crippen LogP contribution in [0.25, 0.3) is 0 Å². The summed E-state index contributed by atoms with van der Waals surface area (Å²) in [5.41, 5.74) is -1.32. The Hall–Kier alpha value is -1.83. The van der Waals surface area contributed by atoms with Gasteiger partial charge in [-0.2, -0.15) is 13.2 Å². The van der Waals surface area contributed by atoms with E-state index in [0.29, 0.717) is 6.07 Å². The summed E-state index contributed by atoms with van der Waals surface area (Å²) >= 11 is 0. The second-order valence-electron chi connectivity index (χ2n) is 4.64. The number of halogens is 3. The lowest BCUT2D eigenvalue weighted by atomic mass is 10.2. The third kappa shape index (κ3) is 2.94. The number of sulfone groups is 1. The number of hydrogen-bond acceptors (Lipinski definition) is 3. The first-order chi connectivity index (χ1) is 9.64. The van der Waals surface area contributed by atoms with E-state index in [4.69, 9.17) is 5.11 Å². The number of carboxylic acids is 1. The number of hydrogen-bond donors (Lipinski definition) is 1. The van der Waals surface area contributed by atoms with Crippen LogP contribution in [0.3, 0.4) is 0 Å². The molecule has 2 rings (SSSR count). The van der Waals surface area contributed by atoms with Gasteiger partial charge < -0.3 is 5.11 Å². The first-order valence-corrected chi connectivity index (χ1v) is 7.51. The highest BCUT2D eigenvalue weighted by molar-refractivity contribution is 7.92. The standard InChI is InChI=1S/C13H11F3O4S/c14-13(15,16)10-3-1-2-4-11(10)21(19,20)9-6-5-8(7-9)12(17)18/h1-5,9H,6-7H2,(H,17,18). The van der Waals surface area contributed by atoms with Crippen LogP contribution in [0.4, 0.5) is 13.2 Å². The number of alkyl halides is 3. The lowest BCUT2D eigenvalue weighted by Gasteiger charge is -2.16. The number of allylic oxidation sites excluding steroid dienone is 1. The van der Waals surface area contributed by atoms with Crippen LogP contribution in [0.15, 0.2) is 40.8 Å². The molecule has 1 atom stereocenters. The summed E-state index contributed by atoms with van der Waals surface area (Å²) in [5, 5.41) is 7.63. The minimum absolute atomic E-state index is 0.0898. The van der Waals surface area contributed by atoms with Crippen LogP contribution in [0.2, 0.25) is 0 Å². The summed E-state index contributed by atoms with van der Waals surface area (Å²) in [6, 6.07) is 3.92. The van der Waals surface area contributed by atoms with Gasteiger partial charge in [0, 0.05) is 5.57 Å². The van der Waals surface area contributed by atoms with Crippen LogP contribution < -0.4 is 0 Å². The van der Waals surface area contributed by atoms with Crippen molar-refractivity contribution >= 4 is 15.8 Å². The van der Waals surface area contributed by atoms with Gasteiger partial charge in [-0.1, -0.05) is 18.2 Å². The lowest BCUT2D eigenvalue weighted by molar-refractivity contribution is -0.140. The highest BCUT2D eigenvalue weighted by Crippen LogP contribution is 2.37. The molecule has 8 heteroatoms. The van der Waals surface area contributed by atoms with E-state index >= 15 is 0 Å². The fourth-order valence-electron chi connectivity index (χ4n) is 2.23. The average molecular weight is 320 g/mol. The lowest BCUT2D eigenvalue weighted by Crippen LogP contribution is -2.23. The number of benzene rings is 1. The predicted molar refractivity (Wildman–Crippen MR) is 67.4 cm³/mol. The van der Waals surface area contributed by atoms with Gasteiger partial charge in [0.25, 0.3) is 0 Å². The Labute approximate surface area is 118 Å². The molecule has 0 aromatic heterocycles. The van der Waals surface area contributed by atoms with Crippen molar-refractivity contribution in [3.8, 4) is 0 Å². The summed E-state index contributed by atoms with van der Waals surface area (Å²) < 4.78 is 63.4. The number of carboxylic acid groups (broad SMARTS) is 1. The fraction of sp³-hybridized carbons (Fsp3) is 0.308. The van der Waals surface area contributed by atoms with Crippen molar-refractivity contribution in [3.63, 3.8) is 0 Å². The van der Waals surface area contributed by atoms with Crippen LogP contribution in [-0.2, 0) is 20.8 Å². The Bertz CT molecular complexity index is 704. The fourth-order valence-corrected chi connectivity index (χ4v) is 4.09. The van der Waals surface area contributed by atoms with Crippen LogP contribution >= 0.6 is 0 Å². The van der Waals surface area contributed by atoms with E-state index in [1.807, 2.05) is 0 Å². The van der Waals surface area contributed by atoms with Gasteiger partial charge in [0.15, 0.2) is 9.84 Å². The zero-order valence-corrected chi connectivity index (χ0v) is 11.4. The first kappa shape index (κ1) is 15.6. The van der Waals surface area contributed by atoms with Gasteiger partial charge in [0.1, 0.15) is 0 Å².